The van der Waals surface area contributed by atoms with Gasteiger partial charge in [-0.1, -0.05) is 6.07 Å². The summed E-state index contributed by atoms with van der Waals surface area (Å²) in [5.74, 6) is 0.0102. The summed E-state index contributed by atoms with van der Waals surface area (Å²) in [4.78, 5) is 8.09. The lowest BCUT2D eigenvalue weighted by molar-refractivity contribution is 0.437. The zero-order valence-corrected chi connectivity index (χ0v) is 10.0. The molecule has 0 aliphatic heterocycles. The normalized spacial score (nSPS) is 12.2. The van der Waals surface area contributed by atoms with Crippen molar-refractivity contribution in [3.05, 3.63) is 48.0 Å². The molecular weight excluding hydrogens is 233 g/mol. The summed E-state index contributed by atoms with van der Waals surface area (Å²) in [6.45, 7) is 1.91. The van der Waals surface area contributed by atoms with Gasteiger partial charge in [-0.3, -0.25) is 0 Å². The number of hydrogen-bond acceptors (Lipinski definition) is 4. The summed E-state index contributed by atoms with van der Waals surface area (Å²) in [6.07, 6.45) is 4.02. The molecule has 0 fully saturated rings. The van der Waals surface area contributed by atoms with E-state index in [1.165, 1.54) is 12.1 Å². The lowest BCUT2D eigenvalue weighted by Crippen LogP contribution is -2.17. The first-order valence-corrected chi connectivity index (χ1v) is 5.63. The first-order valence-electron chi connectivity index (χ1n) is 5.63. The van der Waals surface area contributed by atoms with E-state index in [9.17, 15) is 4.39 Å². The molecular formula is C13H14FN3O. The summed E-state index contributed by atoms with van der Waals surface area (Å²) in [5.41, 5.74) is 6.62. The molecule has 1 aromatic carbocycles. The van der Waals surface area contributed by atoms with E-state index in [1.54, 1.807) is 24.5 Å². The Kier molecular flexibility index (Phi) is 3.84. The highest BCUT2D eigenvalue weighted by Crippen LogP contribution is 2.18. The SMILES string of the molecule is CC(N)Cc1cnc(Oc2cccc(F)c2)nc1. The molecule has 5 heteroatoms. The van der Waals surface area contributed by atoms with E-state index in [0.29, 0.717) is 12.2 Å². The van der Waals surface area contributed by atoms with E-state index in [-0.39, 0.29) is 17.9 Å². The van der Waals surface area contributed by atoms with Crippen LogP contribution in [0, 0.1) is 5.82 Å². The van der Waals surface area contributed by atoms with Gasteiger partial charge in [-0.05, 0) is 31.0 Å². The molecule has 18 heavy (non-hydrogen) atoms. The molecule has 0 saturated heterocycles. The standard InChI is InChI=1S/C13H14FN3O/c1-9(15)5-10-7-16-13(17-8-10)18-12-4-2-3-11(14)6-12/h2-4,6-9H,5,15H2,1H3. The van der Waals surface area contributed by atoms with Crippen LogP contribution in [0.5, 0.6) is 11.8 Å². The topological polar surface area (TPSA) is 61.0 Å². The highest BCUT2D eigenvalue weighted by Gasteiger charge is 2.03. The van der Waals surface area contributed by atoms with Crippen molar-refractivity contribution < 1.29 is 9.13 Å². The molecule has 1 atom stereocenters. The summed E-state index contributed by atoms with van der Waals surface area (Å²) in [7, 11) is 0. The van der Waals surface area contributed by atoms with E-state index in [0.717, 1.165) is 5.56 Å². The second-order valence-electron chi connectivity index (χ2n) is 4.11. The van der Waals surface area contributed by atoms with Crippen LogP contribution < -0.4 is 10.5 Å². The Morgan fingerprint density at radius 3 is 2.67 bits per heavy atom. The Balaban J connectivity index is 2.06. The number of rotatable bonds is 4. The Hall–Kier alpha value is -2.01. The van der Waals surface area contributed by atoms with Gasteiger partial charge in [0.05, 0.1) is 0 Å². The lowest BCUT2D eigenvalue weighted by Gasteiger charge is -2.06. The van der Waals surface area contributed by atoms with Crippen LogP contribution in [0.4, 0.5) is 4.39 Å². The maximum absolute atomic E-state index is 12.9. The monoisotopic (exact) mass is 247 g/mol. The molecule has 2 N–H and O–H groups in total. The molecule has 1 aromatic heterocycles. The van der Waals surface area contributed by atoms with Crippen molar-refractivity contribution in [2.75, 3.05) is 0 Å². The number of aromatic nitrogens is 2. The molecule has 0 radical (unpaired) electrons. The first-order chi connectivity index (χ1) is 8.63. The zero-order chi connectivity index (χ0) is 13.0. The Morgan fingerprint density at radius 1 is 1.33 bits per heavy atom. The van der Waals surface area contributed by atoms with Crippen molar-refractivity contribution in [3.8, 4) is 11.8 Å². The minimum atomic E-state index is -0.360. The summed E-state index contributed by atoms with van der Waals surface area (Å²) in [6, 6.07) is 6.08. The molecule has 0 amide bonds. The maximum atomic E-state index is 12.9. The molecule has 0 aliphatic carbocycles. The quantitative estimate of drug-likeness (QED) is 0.900. The van der Waals surface area contributed by atoms with Gasteiger partial charge >= 0.3 is 6.01 Å². The van der Waals surface area contributed by atoms with Crippen LogP contribution in [-0.4, -0.2) is 16.0 Å². The molecule has 0 aliphatic rings. The minimum absolute atomic E-state index is 0.0589. The number of nitrogens with two attached hydrogens (primary N) is 1. The maximum Gasteiger partial charge on any atom is 0.321 e. The zero-order valence-electron chi connectivity index (χ0n) is 10.0. The van der Waals surface area contributed by atoms with Gasteiger partial charge in [-0.15, -0.1) is 0 Å². The Bertz CT molecular complexity index is 514. The van der Waals surface area contributed by atoms with Crippen molar-refractivity contribution in [1.82, 2.24) is 9.97 Å². The van der Waals surface area contributed by atoms with Crippen LogP contribution in [0.1, 0.15) is 12.5 Å². The highest BCUT2D eigenvalue weighted by molar-refractivity contribution is 5.25. The predicted molar refractivity (Wildman–Crippen MR) is 65.9 cm³/mol. The summed E-state index contributed by atoms with van der Waals surface area (Å²) in [5, 5.41) is 0. The third kappa shape index (κ3) is 3.49. The van der Waals surface area contributed by atoms with Crippen molar-refractivity contribution in [3.63, 3.8) is 0 Å². The van der Waals surface area contributed by atoms with E-state index in [2.05, 4.69) is 9.97 Å². The molecule has 94 valence electrons. The fraction of sp³-hybridized carbons (Fsp3) is 0.231. The van der Waals surface area contributed by atoms with E-state index < -0.39 is 0 Å². The molecule has 0 saturated carbocycles. The average molecular weight is 247 g/mol. The van der Waals surface area contributed by atoms with E-state index in [4.69, 9.17) is 10.5 Å². The van der Waals surface area contributed by atoms with Crippen LogP contribution in [0.15, 0.2) is 36.7 Å². The molecule has 1 unspecified atom stereocenters. The van der Waals surface area contributed by atoms with E-state index >= 15 is 0 Å². The molecule has 2 aromatic rings. The van der Waals surface area contributed by atoms with Crippen LogP contribution >= 0.6 is 0 Å². The lowest BCUT2D eigenvalue weighted by atomic mass is 10.1. The summed E-state index contributed by atoms with van der Waals surface area (Å²) >= 11 is 0. The Morgan fingerprint density at radius 2 is 2.06 bits per heavy atom. The number of nitrogens with zero attached hydrogens (tertiary/aromatic N) is 2. The van der Waals surface area contributed by atoms with Gasteiger partial charge in [-0.2, -0.15) is 0 Å². The van der Waals surface area contributed by atoms with Gasteiger partial charge < -0.3 is 10.5 Å². The van der Waals surface area contributed by atoms with Gasteiger partial charge in [0, 0.05) is 24.5 Å². The fourth-order valence-electron chi connectivity index (χ4n) is 1.51. The molecule has 1 heterocycles. The summed E-state index contributed by atoms with van der Waals surface area (Å²) < 4.78 is 18.3. The van der Waals surface area contributed by atoms with Gasteiger partial charge in [0.25, 0.3) is 0 Å². The molecule has 4 nitrogen and oxygen atoms in total. The van der Waals surface area contributed by atoms with Crippen LogP contribution in [0.25, 0.3) is 0 Å². The molecule has 0 bridgehead atoms. The third-order valence-electron chi connectivity index (χ3n) is 2.24. The smallest absolute Gasteiger partial charge is 0.321 e. The van der Waals surface area contributed by atoms with E-state index in [1.807, 2.05) is 6.92 Å². The minimum Gasteiger partial charge on any atom is -0.424 e. The second-order valence-corrected chi connectivity index (χ2v) is 4.11. The van der Waals surface area contributed by atoms with Crippen LogP contribution in [0.2, 0.25) is 0 Å². The van der Waals surface area contributed by atoms with Crippen molar-refractivity contribution in [2.45, 2.75) is 19.4 Å². The molecule has 0 spiro atoms. The second kappa shape index (κ2) is 5.55. The number of hydrogen-bond donors (Lipinski definition) is 1. The largest absolute Gasteiger partial charge is 0.424 e. The average Bonchev–Trinajstić information content (AvgIpc) is 2.31. The van der Waals surface area contributed by atoms with Crippen molar-refractivity contribution >= 4 is 0 Å². The van der Waals surface area contributed by atoms with Gasteiger partial charge in [0.2, 0.25) is 0 Å². The van der Waals surface area contributed by atoms with Gasteiger partial charge in [0.1, 0.15) is 11.6 Å². The van der Waals surface area contributed by atoms with Crippen LogP contribution in [-0.2, 0) is 6.42 Å². The van der Waals surface area contributed by atoms with Crippen LogP contribution in [0.3, 0.4) is 0 Å². The number of halogens is 1. The Labute approximate surface area is 105 Å². The van der Waals surface area contributed by atoms with Crippen molar-refractivity contribution in [2.24, 2.45) is 5.73 Å². The fourth-order valence-corrected chi connectivity index (χ4v) is 1.51. The molecule has 2 rings (SSSR count). The van der Waals surface area contributed by atoms with Gasteiger partial charge in [-0.25, -0.2) is 14.4 Å². The first kappa shape index (κ1) is 12.4. The predicted octanol–water partition coefficient (Wildman–Crippen LogP) is 2.30. The highest BCUT2D eigenvalue weighted by atomic mass is 19.1. The third-order valence-corrected chi connectivity index (χ3v) is 2.24. The number of ether oxygens (including phenoxy) is 1. The number of benzene rings is 1. The van der Waals surface area contributed by atoms with Crippen molar-refractivity contribution in [1.29, 1.82) is 0 Å². The van der Waals surface area contributed by atoms with Gasteiger partial charge in [0.15, 0.2) is 0 Å².